The van der Waals surface area contributed by atoms with Gasteiger partial charge in [0.25, 0.3) is 0 Å². The van der Waals surface area contributed by atoms with Crippen molar-refractivity contribution in [2.75, 3.05) is 39.3 Å². The maximum atomic E-state index is 5.36. The number of pyridine rings is 1. The third-order valence-electron chi connectivity index (χ3n) is 3.47. The molecule has 1 aromatic rings. The molecule has 0 atom stereocenters. The quantitative estimate of drug-likeness (QED) is 0.640. The van der Waals surface area contributed by atoms with Crippen molar-refractivity contribution in [2.45, 2.75) is 25.4 Å². The molecule has 0 amide bonds. The average Bonchev–Trinajstić information content (AvgIpc) is 2.52. The number of aliphatic imine (C=N–C) groups is 1. The maximum absolute atomic E-state index is 5.36. The van der Waals surface area contributed by atoms with Crippen molar-refractivity contribution < 1.29 is 4.74 Å². The predicted molar refractivity (Wildman–Crippen MR) is 85.7 cm³/mol. The van der Waals surface area contributed by atoms with Crippen LogP contribution in [0.2, 0.25) is 0 Å². The van der Waals surface area contributed by atoms with E-state index in [1.54, 1.807) is 7.05 Å². The molecule has 6 nitrogen and oxygen atoms in total. The minimum Gasteiger partial charge on any atom is -0.381 e. The van der Waals surface area contributed by atoms with E-state index in [2.05, 4.69) is 20.6 Å². The molecule has 21 heavy (non-hydrogen) atoms. The molecule has 1 aliphatic rings. The van der Waals surface area contributed by atoms with Gasteiger partial charge in [-0.15, -0.1) is 0 Å². The highest BCUT2D eigenvalue weighted by Crippen LogP contribution is 2.08. The number of aromatic nitrogens is 1. The lowest BCUT2D eigenvalue weighted by molar-refractivity contribution is 0.0822. The summed E-state index contributed by atoms with van der Waals surface area (Å²) in [5, 5.41) is 6.75. The molecule has 0 aliphatic carbocycles. The molecule has 0 radical (unpaired) electrons. The largest absolute Gasteiger partial charge is 0.381 e. The summed E-state index contributed by atoms with van der Waals surface area (Å²) in [6.07, 6.45) is 2.05. The third kappa shape index (κ3) is 4.90. The van der Waals surface area contributed by atoms with Crippen molar-refractivity contribution in [3.05, 3.63) is 23.9 Å². The minimum atomic E-state index is 0.436. The lowest BCUT2D eigenvalue weighted by Crippen LogP contribution is -2.45. The van der Waals surface area contributed by atoms with Gasteiger partial charge in [0, 0.05) is 40.4 Å². The Morgan fingerprint density at radius 2 is 2.14 bits per heavy atom. The summed E-state index contributed by atoms with van der Waals surface area (Å²) in [6.45, 7) is 2.30. The van der Waals surface area contributed by atoms with Crippen LogP contribution in [0.15, 0.2) is 23.2 Å². The summed E-state index contributed by atoms with van der Waals surface area (Å²) in [5.41, 5.74) is 0.996. The third-order valence-corrected chi connectivity index (χ3v) is 3.47. The van der Waals surface area contributed by atoms with Gasteiger partial charge in [0.05, 0.1) is 12.2 Å². The van der Waals surface area contributed by atoms with Crippen molar-refractivity contribution in [1.29, 1.82) is 0 Å². The second-order valence-corrected chi connectivity index (χ2v) is 5.34. The standard InChI is InChI=1S/C15H25N5O/c1-16-15(19-12-7-9-21-10-8-12)17-11-13-5-4-6-14(18-13)20(2)3/h4-6,12H,7-11H2,1-3H3,(H2,16,17,19). The highest BCUT2D eigenvalue weighted by atomic mass is 16.5. The van der Waals surface area contributed by atoms with E-state index in [4.69, 9.17) is 4.74 Å². The van der Waals surface area contributed by atoms with Crippen molar-refractivity contribution in [2.24, 2.45) is 4.99 Å². The summed E-state index contributed by atoms with van der Waals surface area (Å²) in [4.78, 5) is 10.9. The van der Waals surface area contributed by atoms with Crippen molar-refractivity contribution in [3.8, 4) is 0 Å². The van der Waals surface area contributed by atoms with Gasteiger partial charge in [0.2, 0.25) is 0 Å². The second-order valence-electron chi connectivity index (χ2n) is 5.34. The normalized spacial score (nSPS) is 16.6. The summed E-state index contributed by atoms with van der Waals surface area (Å²) in [5.74, 6) is 1.78. The van der Waals surface area contributed by atoms with Crippen LogP contribution in [0, 0.1) is 0 Å². The van der Waals surface area contributed by atoms with E-state index < -0.39 is 0 Å². The Morgan fingerprint density at radius 3 is 2.81 bits per heavy atom. The Bertz CT molecular complexity index is 469. The van der Waals surface area contributed by atoms with Gasteiger partial charge >= 0.3 is 0 Å². The van der Waals surface area contributed by atoms with Gasteiger partial charge in [-0.2, -0.15) is 0 Å². The highest BCUT2D eigenvalue weighted by Gasteiger charge is 2.14. The Morgan fingerprint density at radius 1 is 1.38 bits per heavy atom. The van der Waals surface area contributed by atoms with Crippen LogP contribution in [-0.2, 0) is 11.3 Å². The smallest absolute Gasteiger partial charge is 0.191 e. The molecule has 0 spiro atoms. The first-order valence-electron chi connectivity index (χ1n) is 7.37. The first-order chi connectivity index (χ1) is 10.2. The Balaban J connectivity index is 1.86. The molecule has 2 heterocycles. The van der Waals surface area contributed by atoms with Crippen LogP contribution < -0.4 is 15.5 Å². The zero-order valence-electron chi connectivity index (χ0n) is 13.1. The molecule has 6 heteroatoms. The molecule has 1 aromatic heterocycles. The van der Waals surface area contributed by atoms with Gasteiger partial charge in [-0.25, -0.2) is 4.98 Å². The lowest BCUT2D eigenvalue weighted by Gasteiger charge is -2.25. The van der Waals surface area contributed by atoms with Crippen molar-refractivity contribution >= 4 is 11.8 Å². The van der Waals surface area contributed by atoms with Crippen LogP contribution in [0.4, 0.5) is 5.82 Å². The van der Waals surface area contributed by atoms with E-state index in [-0.39, 0.29) is 0 Å². The molecule has 116 valence electrons. The van der Waals surface area contributed by atoms with Crippen LogP contribution in [0.5, 0.6) is 0 Å². The Kier molecular flexibility index (Phi) is 5.80. The fraction of sp³-hybridized carbons (Fsp3) is 0.600. The van der Waals surface area contributed by atoms with Gasteiger partial charge in [-0.05, 0) is 25.0 Å². The topological polar surface area (TPSA) is 61.8 Å². The Hall–Kier alpha value is -1.82. The van der Waals surface area contributed by atoms with Crippen molar-refractivity contribution in [3.63, 3.8) is 0 Å². The van der Waals surface area contributed by atoms with Crippen molar-refractivity contribution in [1.82, 2.24) is 15.6 Å². The molecular weight excluding hydrogens is 266 g/mol. The van der Waals surface area contributed by atoms with Crippen LogP contribution in [0.25, 0.3) is 0 Å². The van der Waals surface area contributed by atoms with Gasteiger partial charge in [0.1, 0.15) is 5.82 Å². The number of nitrogens with zero attached hydrogens (tertiary/aromatic N) is 3. The Labute approximate surface area is 126 Å². The molecule has 1 fully saturated rings. The van der Waals surface area contributed by atoms with Gasteiger partial charge in [-0.1, -0.05) is 6.07 Å². The molecule has 0 bridgehead atoms. The highest BCUT2D eigenvalue weighted by molar-refractivity contribution is 5.79. The van der Waals surface area contributed by atoms with E-state index in [1.807, 2.05) is 37.2 Å². The number of rotatable bonds is 4. The molecule has 1 saturated heterocycles. The number of hydrogen-bond donors (Lipinski definition) is 2. The SMILES string of the molecule is CN=C(NCc1cccc(N(C)C)n1)NC1CCOCC1. The number of guanidine groups is 1. The molecule has 2 N–H and O–H groups in total. The lowest BCUT2D eigenvalue weighted by atomic mass is 10.1. The fourth-order valence-corrected chi connectivity index (χ4v) is 2.22. The van der Waals surface area contributed by atoms with Gasteiger partial charge in [0.15, 0.2) is 5.96 Å². The van der Waals surface area contributed by atoms with E-state index in [9.17, 15) is 0 Å². The second kappa shape index (κ2) is 7.83. The van der Waals surface area contributed by atoms with Crippen LogP contribution >= 0.6 is 0 Å². The molecule has 0 aromatic carbocycles. The summed E-state index contributed by atoms with van der Waals surface area (Å²) >= 11 is 0. The summed E-state index contributed by atoms with van der Waals surface area (Å²) < 4.78 is 5.36. The summed E-state index contributed by atoms with van der Waals surface area (Å²) in [7, 11) is 5.77. The zero-order chi connectivity index (χ0) is 15.1. The van der Waals surface area contributed by atoms with Gasteiger partial charge < -0.3 is 20.3 Å². The first kappa shape index (κ1) is 15.6. The number of ether oxygens (including phenoxy) is 1. The van der Waals surface area contributed by atoms with E-state index in [0.717, 1.165) is 43.5 Å². The maximum Gasteiger partial charge on any atom is 0.191 e. The predicted octanol–water partition coefficient (Wildman–Crippen LogP) is 0.992. The minimum absolute atomic E-state index is 0.436. The monoisotopic (exact) mass is 291 g/mol. The van der Waals surface area contributed by atoms with E-state index in [1.165, 1.54) is 0 Å². The fourth-order valence-electron chi connectivity index (χ4n) is 2.22. The number of hydrogen-bond acceptors (Lipinski definition) is 4. The van der Waals surface area contributed by atoms with Gasteiger partial charge in [-0.3, -0.25) is 4.99 Å². The molecule has 1 aliphatic heterocycles. The number of anilines is 1. The molecule has 0 saturated carbocycles. The molecule has 0 unspecified atom stereocenters. The average molecular weight is 291 g/mol. The zero-order valence-corrected chi connectivity index (χ0v) is 13.1. The van der Waals surface area contributed by atoms with Crippen LogP contribution in [0.1, 0.15) is 18.5 Å². The first-order valence-corrected chi connectivity index (χ1v) is 7.37. The van der Waals surface area contributed by atoms with E-state index >= 15 is 0 Å². The molecular formula is C15H25N5O. The number of nitrogens with one attached hydrogen (secondary N) is 2. The van der Waals surface area contributed by atoms with E-state index in [0.29, 0.717) is 12.6 Å². The summed E-state index contributed by atoms with van der Waals surface area (Å²) in [6, 6.07) is 6.47. The van der Waals surface area contributed by atoms with Crippen LogP contribution in [-0.4, -0.2) is 51.3 Å². The van der Waals surface area contributed by atoms with Crippen LogP contribution in [0.3, 0.4) is 0 Å². The molecule has 2 rings (SSSR count).